The van der Waals surface area contributed by atoms with E-state index in [1.807, 2.05) is 24.3 Å². The molecule has 2 N–H and O–H groups in total. The normalized spacial score (nSPS) is 14.8. The average Bonchev–Trinajstić information content (AvgIpc) is 2.71. The van der Waals surface area contributed by atoms with Gasteiger partial charge in [0.25, 0.3) is 0 Å². The highest BCUT2D eigenvalue weighted by Crippen LogP contribution is 2.21. The molecule has 0 bridgehead atoms. The van der Waals surface area contributed by atoms with E-state index in [-0.39, 0.29) is 11.7 Å². The number of phenolic OH excluding ortho intramolecular Hbond substituents is 1. The molecule has 29 heavy (non-hydrogen) atoms. The molecule has 2 aromatic rings. The molecule has 0 atom stereocenters. The second kappa shape index (κ2) is 9.65. The van der Waals surface area contributed by atoms with E-state index < -0.39 is 0 Å². The standard InChI is InChI=1S/C23H32N4O2/c1-4-27(18(2)3)21-7-5-19(6-8-21)24-23(29)17-25-13-15-26(16-14-25)20-9-11-22(28)12-10-20/h5-12,18,28H,4,13-17H2,1-3H3,(H,24,29). The van der Waals surface area contributed by atoms with Crippen LogP contribution in [0, 0.1) is 0 Å². The number of benzene rings is 2. The van der Waals surface area contributed by atoms with Crippen molar-refractivity contribution in [2.75, 3.05) is 54.4 Å². The summed E-state index contributed by atoms with van der Waals surface area (Å²) in [4.78, 5) is 19.2. The van der Waals surface area contributed by atoms with Gasteiger partial charge in [0.1, 0.15) is 5.75 Å². The second-order valence-electron chi connectivity index (χ2n) is 7.75. The van der Waals surface area contributed by atoms with E-state index in [0.29, 0.717) is 12.6 Å². The van der Waals surface area contributed by atoms with Gasteiger partial charge in [-0.3, -0.25) is 9.69 Å². The molecule has 1 saturated heterocycles. The number of hydrogen-bond donors (Lipinski definition) is 2. The smallest absolute Gasteiger partial charge is 0.238 e. The van der Waals surface area contributed by atoms with Crippen molar-refractivity contribution < 1.29 is 9.90 Å². The molecule has 1 fully saturated rings. The van der Waals surface area contributed by atoms with Crippen LogP contribution < -0.4 is 15.1 Å². The first-order valence-corrected chi connectivity index (χ1v) is 10.4. The molecule has 0 aromatic heterocycles. The van der Waals surface area contributed by atoms with Crippen LogP contribution in [0.3, 0.4) is 0 Å². The number of carbonyl (C=O) groups excluding carboxylic acids is 1. The van der Waals surface area contributed by atoms with Gasteiger partial charge in [-0.25, -0.2) is 0 Å². The molecule has 0 spiro atoms. The van der Waals surface area contributed by atoms with Crippen LogP contribution in [0.2, 0.25) is 0 Å². The summed E-state index contributed by atoms with van der Waals surface area (Å²) in [6, 6.07) is 15.8. The lowest BCUT2D eigenvalue weighted by Crippen LogP contribution is -2.48. The fourth-order valence-electron chi connectivity index (χ4n) is 3.81. The largest absolute Gasteiger partial charge is 0.508 e. The van der Waals surface area contributed by atoms with Crippen molar-refractivity contribution in [3.8, 4) is 5.75 Å². The molecule has 0 aliphatic carbocycles. The van der Waals surface area contributed by atoms with Crippen LogP contribution in [-0.4, -0.2) is 61.2 Å². The number of aromatic hydroxyl groups is 1. The Bertz CT molecular complexity index is 782. The van der Waals surface area contributed by atoms with Crippen molar-refractivity contribution in [1.29, 1.82) is 0 Å². The van der Waals surface area contributed by atoms with Crippen molar-refractivity contribution in [1.82, 2.24) is 4.90 Å². The maximum atomic E-state index is 12.4. The molecule has 6 nitrogen and oxygen atoms in total. The molecule has 1 amide bonds. The Labute approximate surface area is 173 Å². The van der Waals surface area contributed by atoms with Crippen LogP contribution in [0.25, 0.3) is 0 Å². The lowest BCUT2D eigenvalue weighted by atomic mass is 10.2. The van der Waals surface area contributed by atoms with E-state index >= 15 is 0 Å². The fraction of sp³-hybridized carbons (Fsp3) is 0.435. The van der Waals surface area contributed by atoms with Crippen molar-refractivity contribution in [2.24, 2.45) is 0 Å². The monoisotopic (exact) mass is 396 g/mol. The van der Waals surface area contributed by atoms with Crippen LogP contribution >= 0.6 is 0 Å². The third-order valence-electron chi connectivity index (χ3n) is 5.40. The van der Waals surface area contributed by atoms with Crippen LogP contribution in [0.1, 0.15) is 20.8 Å². The van der Waals surface area contributed by atoms with Gasteiger partial charge in [0.2, 0.25) is 5.91 Å². The lowest BCUT2D eigenvalue weighted by molar-refractivity contribution is -0.117. The number of hydrogen-bond acceptors (Lipinski definition) is 5. The quantitative estimate of drug-likeness (QED) is 0.751. The summed E-state index contributed by atoms with van der Waals surface area (Å²) >= 11 is 0. The Kier molecular flexibility index (Phi) is 6.99. The summed E-state index contributed by atoms with van der Waals surface area (Å²) in [6.07, 6.45) is 0. The van der Waals surface area contributed by atoms with Crippen molar-refractivity contribution in [3.63, 3.8) is 0 Å². The van der Waals surface area contributed by atoms with Gasteiger partial charge in [-0.15, -0.1) is 0 Å². The van der Waals surface area contributed by atoms with Crippen LogP contribution in [0.5, 0.6) is 5.75 Å². The van der Waals surface area contributed by atoms with E-state index in [9.17, 15) is 9.90 Å². The Morgan fingerprint density at radius 3 is 2.21 bits per heavy atom. The van der Waals surface area contributed by atoms with E-state index in [2.05, 4.69) is 52.9 Å². The fourth-order valence-corrected chi connectivity index (χ4v) is 3.81. The molecule has 6 heteroatoms. The minimum atomic E-state index is 0.0204. The molecular weight excluding hydrogens is 364 g/mol. The number of carbonyl (C=O) groups is 1. The summed E-state index contributed by atoms with van der Waals surface area (Å²) in [7, 11) is 0. The number of nitrogens with zero attached hydrogens (tertiary/aromatic N) is 3. The van der Waals surface area contributed by atoms with Gasteiger partial charge in [0, 0.05) is 55.8 Å². The van der Waals surface area contributed by atoms with E-state index in [0.717, 1.165) is 44.1 Å². The Hall–Kier alpha value is -2.73. The highest BCUT2D eigenvalue weighted by Gasteiger charge is 2.19. The maximum absolute atomic E-state index is 12.4. The third-order valence-corrected chi connectivity index (χ3v) is 5.40. The van der Waals surface area contributed by atoms with E-state index in [4.69, 9.17) is 0 Å². The molecule has 0 saturated carbocycles. The van der Waals surface area contributed by atoms with Gasteiger partial charge in [-0.1, -0.05) is 0 Å². The number of anilines is 3. The Morgan fingerprint density at radius 2 is 1.66 bits per heavy atom. The number of amides is 1. The molecule has 0 radical (unpaired) electrons. The first-order valence-electron chi connectivity index (χ1n) is 10.4. The van der Waals surface area contributed by atoms with Crippen molar-refractivity contribution >= 4 is 23.0 Å². The maximum Gasteiger partial charge on any atom is 0.238 e. The second-order valence-corrected chi connectivity index (χ2v) is 7.75. The Balaban J connectivity index is 1.47. The molecule has 2 aromatic carbocycles. The van der Waals surface area contributed by atoms with Gasteiger partial charge < -0.3 is 20.2 Å². The molecule has 0 unspecified atom stereocenters. The van der Waals surface area contributed by atoms with Crippen LogP contribution in [0.4, 0.5) is 17.1 Å². The Morgan fingerprint density at radius 1 is 1.03 bits per heavy atom. The summed E-state index contributed by atoms with van der Waals surface area (Å²) in [6.45, 7) is 11.3. The highest BCUT2D eigenvalue weighted by molar-refractivity contribution is 5.92. The summed E-state index contributed by atoms with van der Waals surface area (Å²) in [5.41, 5.74) is 3.11. The first kappa shape index (κ1) is 21.0. The molecule has 1 heterocycles. The average molecular weight is 397 g/mol. The van der Waals surface area contributed by atoms with Gasteiger partial charge in [-0.05, 0) is 69.3 Å². The SMILES string of the molecule is CCN(c1ccc(NC(=O)CN2CCN(c3ccc(O)cc3)CC2)cc1)C(C)C. The number of rotatable bonds is 7. The third kappa shape index (κ3) is 5.64. The molecule has 1 aliphatic heterocycles. The van der Waals surface area contributed by atoms with Crippen molar-refractivity contribution in [2.45, 2.75) is 26.8 Å². The predicted molar refractivity (Wildman–Crippen MR) is 120 cm³/mol. The zero-order chi connectivity index (χ0) is 20.8. The number of phenols is 1. The predicted octanol–water partition coefficient (Wildman–Crippen LogP) is 3.39. The molecular formula is C23H32N4O2. The minimum Gasteiger partial charge on any atom is -0.508 e. The zero-order valence-electron chi connectivity index (χ0n) is 17.6. The van der Waals surface area contributed by atoms with Gasteiger partial charge in [-0.2, -0.15) is 0 Å². The lowest BCUT2D eigenvalue weighted by Gasteiger charge is -2.35. The summed E-state index contributed by atoms with van der Waals surface area (Å²) in [5, 5.41) is 12.4. The van der Waals surface area contributed by atoms with E-state index in [1.54, 1.807) is 12.1 Å². The van der Waals surface area contributed by atoms with Gasteiger partial charge in [0.15, 0.2) is 0 Å². The van der Waals surface area contributed by atoms with Gasteiger partial charge >= 0.3 is 0 Å². The number of nitrogens with one attached hydrogen (secondary N) is 1. The van der Waals surface area contributed by atoms with Crippen LogP contribution in [0.15, 0.2) is 48.5 Å². The van der Waals surface area contributed by atoms with Crippen LogP contribution in [-0.2, 0) is 4.79 Å². The van der Waals surface area contributed by atoms with Gasteiger partial charge in [0.05, 0.1) is 6.54 Å². The van der Waals surface area contributed by atoms with E-state index in [1.165, 1.54) is 5.69 Å². The number of piperazine rings is 1. The summed E-state index contributed by atoms with van der Waals surface area (Å²) < 4.78 is 0. The minimum absolute atomic E-state index is 0.0204. The zero-order valence-corrected chi connectivity index (χ0v) is 17.6. The molecule has 1 aliphatic rings. The molecule has 156 valence electrons. The highest BCUT2D eigenvalue weighted by atomic mass is 16.3. The topological polar surface area (TPSA) is 59.1 Å². The van der Waals surface area contributed by atoms with Crippen molar-refractivity contribution in [3.05, 3.63) is 48.5 Å². The molecule has 3 rings (SSSR count). The first-order chi connectivity index (χ1) is 14.0. The summed E-state index contributed by atoms with van der Waals surface area (Å²) in [5.74, 6) is 0.302.